The van der Waals surface area contributed by atoms with Crippen molar-refractivity contribution in [2.45, 2.75) is 58.6 Å². The van der Waals surface area contributed by atoms with Crippen LogP contribution in [0.5, 0.6) is 5.75 Å². The van der Waals surface area contributed by atoms with Crippen LogP contribution in [0.2, 0.25) is 0 Å². The average Bonchev–Trinajstić information content (AvgIpc) is 2.39. The zero-order valence-electron chi connectivity index (χ0n) is 12.8. The summed E-state index contributed by atoms with van der Waals surface area (Å²) >= 11 is 3.56. The van der Waals surface area contributed by atoms with Gasteiger partial charge in [-0.1, -0.05) is 42.3 Å². The Hall–Kier alpha value is -0.540. The van der Waals surface area contributed by atoms with Crippen molar-refractivity contribution in [2.24, 2.45) is 5.92 Å². The molecular formula is C17H26BrNO. The van der Waals surface area contributed by atoms with Crippen molar-refractivity contribution in [3.8, 4) is 5.75 Å². The van der Waals surface area contributed by atoms with E-state index in [1.807, 2.05) is 0 Å². The first kappa shape index (κ1) is 15.8. The van der Waals surface area contributed by atoms with E-state index in [1.54, 1.807) is 0 Å². The molecule has 3 unspecified atom stereocenters. The Morgan fingerprint density at radius 3 is 2.90 bits per heavy atom. The van der Waals surface area contributed by atoms with Gasteiger partial charge in [0.2, 0.25) is 0 Å². The van der Waals surface area contributed by atoms with Crippen LogP contribution in [0.25, 0.3) is 0 Å². The quantitative estimate of drug-likeness (QED) is 0.807. The molecule has 0 saturated heterocycles. The van der Waals surface area contributed by atoms with E-state index in [0.717, 1.165) is 22.7 Å². The lowest BCUT2D eigenvalue weighted by Gasteiger charge is -2.29. The van der Waals surface area contributed by atoms with E-state index >= 15 is 0 Å². The molecule has 0 aromatic heterocycles. The van der Waals surface area contributed by atoms with Crippen molar-refractivity contribution < 1.29 is 4.74 Å². The van der Waals surface area contributed by atoms with Crippen LogP contribution < -0.4 is 10.1 Å². The molecule has 1 aliphatic rings. The molecular weight excluding hydrogens is 314 g/mol. The van der Waals surface area contributed by atoms with E-state index in [4.69, 9.17) is 4.74 Å². The van der Waals surface area contributed by atoms with E-state index in [1.165, 1.54) is 31.2 Å². The second-order valence-corrected chi connectivity index (χ2v) is 6.89. The minimum absolute atomic E-state index is 0.323. The van der Waals surface area contributed by atoms with Gasteiger partial charge in [-0.15, -0.1) is 0 Å². The second kappa shape index (κ2) is 7.46. The normalized spacial score (nSPS) is 24.4. The Balaban J connectivity index is 2.14. The molecule has 0 amide bonds. The molecule has 0 bridgehead atoms. The van der Waals surface area contributed by atoms with Crippen LogP contribution in [-0.4, -0.2) is 12.6 Å². The maximum atomic E-state index is 6.34. The predicted molar refractivity (Wildman–Crippen MR) is 88.3 cm³/mol. The highest BCUT2D eigenvalue weighted by molar-refractivity contribution is 9.10. The number of ether oxygens (including phenoxy) is 1. The maximum absolute atomic E-state index is 6.34. The molecule has 3 heteroatoms. The zero-order valence-corrected chi connectivity index (χ0v) is 14.4. The molecule has 1 aliphatic carbocycles. The molecule has 1 aromatic carbocycles. The molecule has 20 heavy (non-hydrogen) atoms. The molecule has 1 saturated carbocycles. The van der Waals surface area contributed by atoms with Gasteiger partial charge in [0.15, 0.2) is 0 Å². The molecule has 0 spiro atoms. The molecule has 1 aromatic rings. The highest BCUT2D eigenvalue weighted by Crippen LogP contribution is 2.33. The molecule has 2 rings (SSSR count). The highest BCUT2D eigenvalue weighted by Gasteiger charge is 2.22. The number of halogens is 1. The van der Waals surface area contributed by atoms with Gasteiger partial charge in [0.25, 0.3) is 0 Å². The fourth-order valence-electron chi connectivity index (χ4n) is 3.05. The largest absolute Gasteiger partial charge is 0.490 e. The summed E-state index contributed by atoms with van der Waals surface area (Å²) in [7, 11) is 0. The van der Waals surface area contributed by atoms with Crippen LogP contribution in [-0.2, 0) is 0 Å². The van der Waals surface area contributed by atoms with Crippen molar-refractivity contribution in [1.29, 1.82) is 0 Å². The lowest BCUT2D eigenvalue weighted by atomic mass is 9.88. The molecule has 0 heterocycles. The molecule has 3 atom stereocenters. The van der Waals surface area contributed by atoms with E-state index in [2.05, 4.69) is 60.2 Å². The summed E-state index contributed by atoms with van der Waals surface area (Å²) in [5, 5.41) is 3.47. The Kier molecular flexibility index (Phi) is 5.91. The van der Waals surface area contributed by atoms with Gasteiger partial charge in [0.1, 0.15) is 5.75 Å². The van der Waals surface area contributed by atoms with Gasteiger partial charge in [-0.25, -0.2) is 0 Å². The first-order chi connectivity index (χ1) is 9.60. The molecule has 1 fully saturated rings. The van der Waals surface area contributed by atoms with Gasteiger partial charge in [-0.3, -0.25) is 0 Å². The predicted octanol–water partition coefficient (Wildman–Crippen LogP) is 5.08. The van der Waals surface area contributed by atoms with Gasteiger partial charge in [0.05, 0.1) is 6.10 Å². The maximum Gasteiger partial charge on any atom is 0.125 e. The molecule has 2 nitrogen and oxygen atoms in total. The smallest absolute Gasteiger partial charge is 0.125 e. The molecule has 112 valence electrons. The Labute approximate surface area is 131 Å². The molecule has 0 radical (unpaired) electrons. The van der Waals surface area contributed by atoms with Gasteiger partial charge in [-0.2, -0.15) is 0 Å². The van der Waals surface area contributed by atoms with Crippen molar-refractivity contribution in [3.63, 3.8) is 0 Å². The summed E-state index contributed by atoms with van der Waals surface area (Å²) in [5.74, 6) is 1.82. The van der Waals surface area contributed by atoms with E-state index < -0.39 is 0 Å². The summed E-state index contributed by atoms with van der Waals surface area (Å²) in [5.41, 5.74) is 1.26. The fourth-order valence-corrected chi connectivity index (χ4v) is 3.39. The van der Waals surface area contributed by atoms with Gasteiger partial charge in [0, 0.05) is 16.1 Å². The summed E-state index contributed by atoms with van der Waals surface area (Å²) in [4.78, 5) is 0. The minimum atomic E-state index is 0.323. The summed E-state index contributed by atoms with van der Waals surface area (Å²) in [6.45, 7) is 7.64. The number of hydrogen-bond donors (Lipinski definition) is 1. The number of hydrogen-bond acceptors (Lipinski definition) is 2. The van der Waals surface area contributed by atoms with E-state index in [0.29, 0.717) is 12.1 Å². The van der Waals surface area contributed by atoms with Crippen LogP contribution >= 0.6 is 15.9 Å². The van der Waals surface area contributed by atoms with Crippen molar-refractivity contribution in [3.05, 3.63) is 28.2 Å². The fraction of sp³-hybridized carbons (Fsp3) is 0.647. The van der Waals surface area contributed by atoms with Crippen molar-refractivity contribution in [2.75, 3.05) is 6.54 Å². The Morgan fingerprint density at radius 2 is 2.20 bits per heavy atom. The third-order valence-corrected chi connectivity index (χ3v) is 4.63. The molecule has 1 N–H and O–H groups in total. The number of rotatable bonds is 5. The number of benzene rings is 1. The first-order valence-electron chi connectivity index (χ1n) is 7.79. The third kappa shape index (κ3) is 4.23. The van der Waals surface area contributed by atoms with Crippen LogP contribution in [0, 0.1) is 5.92 Å². The van der Waals surface area contributed by atoms with Gasteiger partial charge in [-0.05, 0) is 50.8 Å². The highest BCUT2D eigenvalue weighted by atomic mass is 79.9. The zero-order chi connectivity index (χ0) is 14.5. The van der Waals surface area contributed by atoms with Crippen molar-refractivity contribution in [1.82, 2.24) is 5.32 Å². The molecule has 0 aliphatic heterocycles. The van der Waals surface area contributed by atoms with Crippen LogP contribution in [0.4, 0.5) is 0 Å². The lowest BCUT2D eigenvalue weighted by Crippen LogP contribution is -2.25. The topological polar surface area (TPSA) is 21.3 Å². The first-order valence-corrected chi connectivity index (χ1v) is 8.59. The van der Waals surface area contributed by atoms with Gasteiger partial charge >= 0.3 is 0 Å². The van der Waals surface area contributed by atoms with Gasteiger partial charge < -0.3 is 10.1 Å². The van der Waals surface area contributed by atoms with Crippen LogP contribution in [0.15, 0.2) is 22.7 Å². The Bertz CT molecular complexity index is 435. The van der Waals surface area contributed by atoms with Crippen LogP contribution in [0.1, 0.15) is 58.1 Å². The van der Waals surface area contributed by atoms with Crippen molar-refractivity contribution >= 4 is 15.9 Å². The third-order valence-electron chi connectivity index (χ3n) is 4.13. The summed E-state index contributed by atoms with van der Waals surface area (Å²) in [6.07, 6.45) is 5.38. The summed E-state index contributed by atoms with van der Waals surface area (Å²) < 4.78 is 7.42. The lowest BCUT2D eigenvalue weighted by molar-refractivity contribution is 0.127. The number of nitrogens with one attached hydrogen (secondary N) is 1. The SMILES string of the molecule is CCNC(C)c1ccc(Br)cc1OC1CCCC(C)C1. The second-order valence-electron chi connectivity index (χ2n) is 5.97. The van der Waals surface area contributed by atoms with Crippen LogP contribution in [0.3, 0.4) is 0 Å². The standard InChI is InChI=1S/C17H26BrNO/c1-4-19-13(3)16-9-8-14(18)11-17(16)20-15-7-5-6-12(2)10-15/h8-9,11-13,15,19H,4-7,10H2,1-3H3. The van der Waals surface area contributed by atoms with E-state index in [-0.39, 0.29) is 0 Å². The average molecular weight is 340 g/mol. The minimum Gasteiger partial charge on any atom is -0.490 e. The monoisotopic (exact) mass is 339 g/mol. The Morgan fingerprint density at radius 1 is 1.40 bits per heavy atom. The summed E-state index contributed by atoms with van der Waals surface area (Å²) in [6, 6.07) is 6.70. The van der Waals surface area contributed by atoms with E-state index in [9.17, 15) is 0 Å².